The lowest BCUT2D eigenvalue weighted by atomic mass is 10.4. The van der Waals surface area contributed by atoms with Gasteiger partial charge in [-0.15, -0.1) is 0 Å². The minimum Gasteiger partial charge on any atom is -0.295 e. The Morgan fingerprint density at radius 1 is 0.850 bits per heavy atom. The summed E-state index contributed by atoms with van der Waals surface area (Å²) in [6.45, 7) is 1.45. The minimum atomic E-state index is -4.83. The van der Waals surface area contributed by atoms with Crippen molar-refractivity contribution in [2.45, 2.75) is 12.7 Å². The number of carbonyl (C=O) groups is 1. The Hall–Kier alpha value is -1.88. The summed E-state index contributed by atoms with van der Waals surface area (Å²) in [5.41, 5.74) is 0. The van der Waals surface area contributed by atoms with E-state index in [9.17, 15) is 18.0 Å². The third-order valence-electron chi connectivity index (χ3n) is 3.41. The number of benzene rings is 2. The highest BCUT2D eigenvalue weighted by atomic mass is 28.3. The summed E-state index contributed by atoms with van der Waals surface area (Å²) in [4.78, 5) is 12.0. The smallest absolute Gasteiger partial charge is 0.295 e. The van der Waals surface area contributed by atoms with Crippen molar-refractivity contribution in [3.8, 4) is 0 Å². The molecule has 0 N–H and O–H groups in total. The summed E-state index contributed by atoms with van der Waals surface area (Å²) in [6, 6.07) is 16.5. The van der Waals surface area contributed by atoms with Gasteiger partial charge in [-0.1, -0.05) is 67.2 Å². The van der Waals surface area contributed by atoms with Crippen LogP contribution < -0.4 is 10.4 Å². The second-order valence-corrected chi connectivity index (χ2v) is 8.54. The largest absolute Gasteiger partial charge is 0.445 e. The lowest BCUT2D eigenvalue weighted by molar-refractivity contribution is -0.162. The van der Waals surface area contributed by atoms with E-state index in [1.807, 2.05) is 0 Å². The zero-order valence-corrected chi connectivity index (χ0v) is 11.8. The Morgan fingerprint density at radius 3 is 1.50 bits per heavy atom. The minimum absolute atomic E-state index is 0.466. The zero-order valence-electron chi connectivity index (χ0n) is 10.8. The van der Waals surface area contributed by atoms with Crippen LogP contribution >= 0.6 is 0 Å². The molecule has 0 saturated carbocycles. The fourth-order valence-electron chi connectivity index (χ4n) is 2.26. The van der Waals surface area contributed by atoms with Crippen LogP contribution in [0.5, 0.6) is 0 Å². The van der Waals surface area contributed by atoms with Crippen LogP contribution in [0.15, 0.2) is 60.7 Å². The van der Waals surface area contributed by atoms with Crippen molar-refractivity contribution >= 4 is 23.9 Å². The highest BCUT2D eigenvalue weighted by molar-refractivity contribution is 7.22. The average Bonchev–Trinajstić information content (AvgIpc) is 2.46. The topological polar surface area (TPSA) is 17.1 Å². The first-order chi connectivity index (χ1) is 9.37. The fourth-order valence-corrected chi connectivity index (χ4v) is 5.40. The van der Waals surface area contributed by atoms with Gasteiger partial charge in [0, 0.05) is 0 Å². The van der Waals surface area contributed by atoms with Gasteiger partial charge in [-0.25, -0.2) is 0 Å². The molecule has 0 atom stereocenters. The van der Waals surface area contributed by atoms with Crippen LogP contribution in [0.4, 0.5) is 13.2 Å². The summed E-state index contributed by atoms with van der Waals surface area (Å²) in [7, 11) is -3.50. The molecule has 0 aromatic heterocycles. The van der Waals surface area contributed by atoms with Gasteiger partial charge in [-0.3, -0.25) is 4.79 Å². The third kappa shape index (κ3) is 2.53. The van der Waals surface area contributed by atoms with E-state index >= 15 is 0 Å². The van der Waals surface area contributed by atoms with Gasteiger partial charge >= 0.3 is 6.18 Å². The number of hydrogen-bond donors (Lipinski definition) is 0. The van der Waals surface area contributed by atoms with Gasteiger partial charge in [0.25, 0.3) is 0 Å². The molecular formula is C15H13F3OSi. The molecule has 0 saturated heterocycles. The molecule has 0 unspecified atom stereocenters. The molecule has 0 heterocycles. The van der Waals surface area contributed by atoms with Gasteiger partial charge < -0.3 is 0 Å². The first-order valence-corrected chi connectivity index (χ1v) is 8.59. The molecule has 0 radical (unpaired) electrons. The van der Waals surface area contributed by atoms with Crippen LogP contribution in [-0.2, 0) is 4.79 Å². The summed E-state index contributed by atoms with van der Waals surface area (Å²) >= 11 is 0. The Kier molecular flexibility index (Phi) is 3.81. The third-order valence-corrected chi connectivity index (χ3v) is 7.58. The van der Waals surface area contributed by atoms with E-state index in [-0.39, 0.29) is 0 Å². The van der Waals surface area contributed by atoms with E-state index < -0.39 is 19.7 Å². The zero-order chi connectivity index (χ0) is 14.8. The van der Waals surface area contributed by atoms with Gasteiger partial charge in [0.1, 0.15) is 0 Å². The lowest BCUT2D eigenvalue weighted by Gasteiger charge is -2.27. The molecule has 2 aromatic rings. The number of hydrogen-bond acceptors (Lipinski definition) is 1. The normalized spacial score (nSPS) is 12.2. The molecule has 0 aliphatic heterocycles. The molecule has 0 bridgehead atoms. The first kappa shape index (κ1) is 14.5. The van der Waals surface area contributed by atoms with E-state index in [1.165, 1.54) is 6.55 Å². The van der Waals surface area contributed by atoms with E-state index in [4.69, 9.17) is 0 Å². The predicted molar refractivity (Wildman–Crippen MR) is 74.8 cm³/mol. The summed E-state index contributed by atoms with van der Waals surface area (Å²) in [6.07, 6.45) is -4.83. The van der Waals surface area contributed by atoms with Gasteiger partial charge in [0.15, 0.2) is 0 Å². The van der Waals surface area contributed by atoms with Gasteiger partial charge in [0.05, 0.1) is 0 Å². The maximum atomic E-state index is 13.0. The van der Waals surface area contributed by atoms with Crippen molar-refractivity contribution in [1.29, 1.82) is 0 Å². The van der Waals surface area contributed by atoms with E-state index in [1.54, 1.807) is 60.7 Å². The molecule has 104 valence electrons. The van der Waals surface area contributed by atoms with Gasteiger partial charge in [0.2, 0.25) is 13.5 Å². The molecule has 20 heavy (non-hydrogen) atoms. The standard InChI is InChI=1S/C15H13F3OSi/c1-20(14(19)15(16,17)18,12-8-4-2-5-9-12)13-10-6-3-7-11-13/h2-11H,1H3. The molecule has 0 amide bonds. The SMILES string of the molecule is C[Si](C(=O)C(F)(F)F)(c1ccccc1)c1ccccc1. The molecule has 2 aromatic carbocycles. The molecule has 0 aliphatic carbocycles. The molecule has 0 spiro atoms. The highest BCUT2D eigenvalue weighted by Gasteiger charge is 2.53. The molecule has 2 rings (SSSR count). The van der Waals surface area contributed by atoms with Crippen LogP contribution in [0.1, 0.15) is 0 Å². The van der Waals surface area contributed by atoms with Crippen LogP contribution in [-0.4, -0.2) is 19.7 Å². The second kappa shape index (κ2) is 5.24. The average molecular weight is 294 g/mol. The maximum absolute atomic E-state index is 13.0. The predicted octanol–water partition coefficient (Wildman–Crippen LogP) is 2.55. The first-order valence-electron chi connectivity index (χ1n) is 6.09. The number of halogens is 3. The van der Waals surface area contributed by atoms with E-state index in [0.717, 1.165) is 0 Å². The molecule has 0 aliphatic rings. The number of carbonyl (C=O) groups excluding carboxylic acids is 1. The van der Waals surface area contributed by atoms with Crippen molar-refractivity contribution in [3.63, 3.8) is 0 Å². The molecular weight excluding hydrogens is 281 g/mol. The Morgan fingerprint density at radius 2 is 1.20 bits per heavy atom. The molecule has 0 fully saturated rings. The van der Waals surface area contributed by atoms with Crippen LogP contribution in [0.2, 0.25) is 6.55 Å². The van der Waals surface area contributed by atoms with Crippen molar-refractivity contribution < 1.29 is 18.0 Å². The molecule has 5 heteroatoms. The summed E-state index contributed by atoms with van der Waals surface area (Å²) < 4.78 is 39.0. The Balaban J connectivity index is 2.65. The van der Waals surface area contributed by atoms with E-state index in [2.05, 4.69) is 0 Å². The fraction of sp³-hybridized carbons (Fsp3) is 0.133. The second-order valence-electron chi connectivity index (χ2n) is 4.68. The van der Waals surface area contributed by atoms with Crippen LogP contribution in [0.25, 0.3) is 0 Å². The summed E-state index contributed by atoms with van der Waals surface area (Å²) in [5.74, 6) is 0. The van der Waals surface area contributed by atoms with Crippen molar-refractivity contribution in [3.05, 3.63) is 60.7 Å². The highest BCUT2D eigenvalue weighted by Crippen LogP contribution is 2.23. The van der Waals surface area contributed by atoms with Gasteiger partial charge in [-0.2, -0.15) is 13.2 Å². The Labute approximate surface area is 116 Å². The van der Waals surface area contributed by atoms with Crippen LogP contribution in [0, 0.1) is 0 Å². The van der Waals surface area contributed by atoms with E-state index in [0.29, 0.717) is 10.4 Å². The van der Waals surface area contributed by atoms with Crippen molar-refractivity contribution in [2.75, 3.05) is 0 Å². The Bertz CT molecular complexity index is 554. The number of alkyl halides is 3. The van der Waals surface area contributed by atoms with Gasteiger partial charge in [-0.05, 0) is 10.4 Å². The maximum Gasteiger partial charge on any atom is 0.445 e. The van der Waals surface area contributed by atoms with Crippen molar-refractivity contribution in [2.24, 2.45) is 0 Å². The summed E-state index contributed by atoms with van der Waals surface area (Å²) in [5, 5.41) is -0.690. The monoisotopic (exact) mass is 294 g/mol. The lowest BCUT2D eigenvalue weighted by Crippen LogP contribution is -2.66. The van der Waals surface area contributed by atoms with Crippen molar-refractivity contribution in [1.82, 2.24) is 0 Å². The van der Waals surface area contributed by atoms with Crippen LogP contribution in [0.3, 0.4) is 0 Å². The number of rotatable bonds is 3. The molecule has 1 nitrogen and oxygen atoms in total. The quantitative estimate of drug-likeness (QED) is 0.795.